The first-order valence-electron chi connectivity index (χ1n) is 14.0. The molecule has 2 unspecified atom stereocenters. The van der Waals surface area contributed by atoms with Crippen LogP contribution in [0.25, 0.3) is 0 Å². The van der Waals surface area contributed by atoms with Crippen LogP contribution in [0.15, 0.2) is 12.7 Å². The van der Waals surface area contributed by atoms with E-state index < -0.39 is 22.6 Å². The van der Waals surface area contributed by atoms with Crippen LogP contribution in [0.3, 0.4) is 0 Å². The molecule has 3 heterocycles. The number of fused-ring (bicyclic) bond motifs is 1. The summed E-state index contributed by atoms with van der Waals surface area (Å²) in [6.45, 7) is 9.28. The maximum atomic E-state index is 14.5. The van der Waals surface area contributed by atoms with E-state index in [2.05, 4.69) is 13.5 Å². The van der Waals surface area contributed by atoms with Crippen LogP contribution < -0.4 is 0 Å². The van der Waals surface area contributed by atoms with Gasteiger partial charge >= 0.3 is 5.97 Å². The Labute approximate surface area is 220 Å². The monoisotopic (exact) mass is 520 g/mol. The molecule has 2 bridgehead atoms. The Bertz CT molecular complexity index is 846. The molecule has 0 radical (unpaired) electrons. The highest BCUT2D eigenvalue weighted by Crippen LogP contribution is 2.71. The summed E-state index contributed by atoms with van der Waals surface area (Å²) in [6.07, 6.45) is 12.1. The first-order chi connectivity index (χ1) is 17.3. The second-order valence-corrected chi connectivity index (χ2v) is 13.1. The van der Waals surface area contributed by atoms with Crippen LogP contribution in [-0.2, 0) is 19.1 Å². The molecule has 202 valence electrons. The van der Waals surface area contributed by atoms with Gasteiger partial charge in [-0.25, -0.2) is 0 Å². The number of carbonyl (C=O) groups excluding carboxylic acids is 3. The van der Waals surface area contributed by atoms with Gasteiger partial charge < -0.3 is 19.6 Å². The normalized spacial score (nSPS) is 33.6. The molecule has 1 N–H and O–H groups in total. The minimum Gasteiger partial charge on any atom is -0.466 e. The Kier molecular flexibility index (Phi) is 8.75. The standard InChI is InChI=1S/C28H44N2O5S/c1-4-17-29(20-13-9-8-10-14-20)25(33)23-28-16-15-27(3,36-28)22(26(34)35-5-2)21(28)24(32)30(23)18-11-6-7-12-19-31/h4,20-23,31H,1,5-19H2,2-3H3/t21-,22-,23?,27+,28?/m0/s1. The van der Waals surface area contributed by atoms with Gasteiger partial charge in [0.15, 0.2) is 0 Å². The van der Waals surface area contributed by atoms with Crippen LogP contribution in [-0.4, -0.2) is 80.6 Å². The Morgan fingerprint density at radius 3 is 2.58 bits per heavy atom. The molecular weight excluding hydrogens is 476 g/mol. The summed E-state index contributed by atoms with van der Waals surface area (Å²) in [7, 11) is 0. The van der Waals surface area contributed by atoms with Crippen LogP contribution in [0.2, 0.25) is 0 Å². The molecule has 0 aromatic heterocycles. The summed E-state index contributed by atoms with van der Waals surface area (Å²) in [4.78, 5) is 45.6. The van der Waals surface area contributed by atoms with Gasteiger partial charge in [0.05, 0.1) is 23.2 Å². The lowest BCUT2D eigenvalue weighted by molar-refractivity contribution is -0.155. The van der Waals surface area contributed by atoms with Crippen molar-refractivity contribution in [2.24, 2.45) is 11.8 Å². The number of hydrogen-bond acceptors (Lipinski definition) is 6. The molecule has 1 aliphatic carbocycles. The molecule has 4 rings (SSSR count). The van der Waals surface area contributed by atoms with Crippen molar-refractivity contribution < 1.29 is 24.2 Å². The van der Waals surface area contributed by atoms with E-state index in [1.165, 1.54) is 6.42 Å². The molecule has 36 heavy (non-hydrogen) atoms. The van der Waals surface area contributed by atoms with Crippen LogP contribution in [0.1, 0.15) is 84.5 Å². The Morgan fingerprint density at radius 2 is 1.92 bits per heavy atom. The Hall–Kier alpha value is -1.54. The number of hydrogen-bond donors (Lipinski definition) is 1. The number of aliphatic hydroxyl groups excluding tert-OH is 1. The van der Waals surface area contributed by atoms with Crippen molar-refractivity contribution in [3.63, 3.8) is 0 Å². The highest BCUT2D eigenvalue weighted by atomic mass is 32.2. The third-order valence-electron chi connectivity index (χ3n) is 8.98. The SMILES string of the molecule is C=CCN(C(=O)C1N(CCCCCCO)C(=O)[C@@H]2[C@@H](C(=O)OCC)[C@@]3(C)CCC12S3)C1CCCCC1. The zero-order valence-corrected chi connectivity index (χ0v) is 22.9. The Balaban J connectivity index is 1.68. The lowest BCUT2D eigenvalue weighted by Crippen LogP contribution is -2.57. The summed E-state index contributed by atoms with van der Waals surface area (Å²) < 4.78 is 4.51. The minimum atomic E-state index is -0.584. The summed E-state index contributed by atoms with van der Waals surface area (Å²) in [5.74, 6) is -1.33. The number of unbranched alkanes of at least 4 members (excludes halogenated alkanes) is 3. The number of carbonyl (C=O) groups is 3. The molecule has 0 aromatic rings. The lowest BCUT2D eigenvalue weighted by Gasteiger charge is -2.41. The van der Waals surface area contributed by atoms with E-state index in [9.17, 15) is 14.4 Å². The first-order valence-corrected chi connectivity index (χ1v) is 14.9. The number of nitrogens with zero attached hydrogens (tertiary/aromatic N) is 2. The first kappa shape index (κ1) is 27.5. The van der Waals surface area contributed by atoms with E-state index in [1.807, 2.05) is 9.80 Å². The molecule has 2 amide bonds. The van der Waals surface area contributed by atoms with Gasteiger partial charge in [0.25, 0.3) is 0 Å². The fourth-order valence-electron chi connectivity index (χ4n) is 7.39. The van der Waals surface area contributed by atoms with Crippen LogP contribution in [0.4, 0.5) is 0 Å². The smallest absolute Gasteiger partial charge is 0.311 e. The minimum absolute atomic E-state index is 0.0364. The van der Waals surface area contributed by atoms with Crippen molar-refractivity contribution in [1.82, 2.24) is 9.80 Å². The van der Waals surface area contributed by atoms with Crippen molar-refractivity contribution >= 4 is 29.5 Å². The lowest BCUT2D eigenvalue weighted by atomic mass is 9.66. The van der Waals surface area contributed by atoms with E-state index in [-0.39, 0.29) is 41.8 Å². The third kappa shape index (κ3) is 4.72. The maximum Gasteiger partial charge on any atom is 0.311 e. The van der Waals surface area contributed by atoms with Crippen molar-refractivity contribution in [3.05, 3.63) is 12.7 Å². The van der Waals surface area contributed by atoms with Gasteiger partial charge in [-0.2, -0.15) is 0 Å². The van der Waals surface area contributed by atoms with Crippen molar-refractivity contribution in [3.8, 4) is 0 Å². The molecule has 1 spiro atoms. The second kappa shape index (κ2) is 11.5. The molecular formula is C28H44N2O5S. The van der Waals surface area contributed by atoms with Gasteiger partial charge in [0.2, 0.25) is 11.8 Å². The predicted octanol–water partition coefficient (Wildman–Crippen LogP) is 3.93. The van der Waals surface area contributed by atoms with Gasteiger partial charge in [0, 0.05) is 30.5 Å². The van der Waals surface area contributed by atoms with E-state index in [0.717, 1.165) is 64.2 Å². The molecule has 4 aliphatic rings. The van der Waals surface area contributed by atoms with Gasteiger partial charge in [-0.15, -0.1) is 18.3 Å². The van der Waals surface area contributed by atoms with E-state index >= 15 is 0 Å². The second-order valence-electron chi connectivity index (χ2n) is 11.2. The maximum absolute atomic E-state index is 14.5. The number of amides is 2. The van der Waals surface area contributed by atoms with Crippen LogP contribution >= 0.6 is 11.8 Å². The van der Waals surface area contributed by atoms with Crippen LogP contribution in [0.5, 0.6) is 0 Å². The van der Waals surface area contributed by atoms with Gasteiger partial charge in [-0.1, -0.05) is 38.2 Å². The number of thioether (sulfide) groups is 1. The largest absolute Gasteiger partial charge is 0.466 e. The van der Waals surface area contributed by atoms with E-state index in [0.29, 0.717) is 13.1 Å². The molecule has 3 aliphatic heterocycles. The highest BCUT2D eigenvalue weighted by molar-refractivity contribution is 8.02. The van der Waals surface area contributed by atoms with Crippen molar-refractivity contribution in [2.75, 3.05) is 26.3 Å². The number of aliphatic hydroxyl groups is 1. The molecule has 5 atom stereocenters. The number of rotatable bonds is 12. The summed E-state index contributed by atoms with van der Waals surface area (Å²) in [5.41, 5.74) is 0. The zero-order chi connectivity index (χ0) is 25.9. The third-order valence-corrected chi connectivity index (χ3v) is 11.0. The molecule has 4 fully saturated rings. The fourth-order valence-corrected chi connectivity index (χ4v) is 9.73. The number of esters is 1. The fraction of sp³-hybridized carbons (Fsp3) is 0.821. The average molecular weight is 521 g/mol. The highest BCUT2D eigenvalue weighted by Gasteiger charge is 2.77. The quantitative estimate of drug-likeness (QED) is 0.238. The molecule has 1 saturated carbocycles. The van der Waals surface area contributed by atoms with Gasteiger partial charge in [-0.3, -0.25) is 14.4 Å². The summed E-state index contributed by atoms with van der Waals surface area (Å²) >= 11 is 1.72. The molecule has 7 nitrogen and oxygen atoms in total. The predicted molar refractivity (Wildman–Crippen MR) is 141 cm³/mol. The molecule has 3 saturated heterocycles. The Morgan fingerprint density at radius 1 is 1.19 bits per heavy atom. The van der Waals surface area contributed by atoms with Crippen molar-refractivity contribution in [1.29, 1.82) is 0 Å². The van der Waals surface area contributed by atoms with E-state index in [4.69, 9.17) is 9.84 Å². The average Bonchev–Trinajstić information content (AvgIpc) is 3.43. The topological polar surface area (TPSA) is 87.2 Å². The summed E-state index contributed by atoms with van der Waals surface area (Å²) in [6, 6.07) is -0.373. The van der Waals surface area contributed by atoms with E-state index in [1.54, 1.807) is 24.8 Å². The molecule has 8 heteroatoms. The van der Waals surface area contributed by atoms with Crippen LogP contribution in [0, 0.1) is 11.8 Å². The number of ether oxygens (including phenoxy) is 1. The van der Waals surface area contributed by atoms with Gasteiger partial charge in [0.1, 0.15) is 6.04 Å². The van der Waals surface area contributed by atoms with Crippen molar-refractivity contribution in [2.45, 2.75) is 106 Å². The zero-order valence-electron chi connectivity index (χ0n) is 22.1. The summed E-state index contributed by atoms with van der Waals surface area (Å²) in [5, 5.41) is 9.13. The number of likely N-dealkylation sites (tertiary alicyclic amines) is 1. The van der Waals surface area contributed by atoms with Gasteiger partial charge in [-0.05, 0) is 52.4 Å². The molecule has 0 aromatic carbocycles.